The summed E-state index contributed by atoms with van der Waals surface area (Å²) in [6, 6.07) is -0.252. The third-order valence-electron chi connectivity index (χ3n) is 2.62. The molecule has 0 saturated carbocycles. The molecular weight excluding hydrogens is 238 g/mol. The molecule has 1 aliphatic heterocycles. The van der Waals surface area contributed by atoms with Gasteiger partial charge in [0.15, 0.2) is 5.11 Å². The van der Waals surface area contributed by atoms with Gasteiger partial charge in [-0.15, -0.1) is 0 Å². The van der Waals surface area contributed by atoms with E-state index in [0.717, 1.165) is 12.8 Å². The van der Waals surface area contributed by atoms with Crippen molar-refractivity contribution in [3.05, 3.63) is 0 Å². The fourth-order valence-corrected chi connectivity index (χ4v) is 2.22. The highest BCUT2D eigenvalue weighted by molar-refractivity contribution is 7.80. The molecular formula is C11H19N3O2S. The molecule has 1 rings (SSSR count). The minimum absolute atomic E-state index is 0.118. The first-order valence-corrected chi connectivity index (χ1v) is 6.28. The molecule has 1 atom stereocenters. The molecule has 1 aliphatic rings. The van der Waals surface area contributed by atoms with Gasteiger partial charge >= 0.3 is 0 Å². The maximum absolute atomic E-state index is 12.1. The lowest BCUT2D eigenvalue weighted by atomic mass is 10.1. The zero-order valence-corrected chi connectivity index (χ0v) is 11.0. The Balaban J connectivity index is 2.71. The molecule has 5 nitrogen and oxygen atoms in total. The lowest BCUT2D eigenvalue weighted by molar-refractivity contribution is -0.130. The first-order valence-electron chi connectivity index (χ1n) is 5.88. The Kier molecular flexibility index (Phi) is 5.34. The number of hydrogen-bond donors (Lipinski definition) is 2. The highest BCUT2D eigenvalue weighted by atomic mass is 32.1. The average molecular weight is 257 g/mol. The van der Waals surface area contributed by atoms with Gasteiger partial charge in [-0.2, -0.15) is 0 Å². The molecule has 0 aromatic heterocycles. The first-order chi connectivity index (χ1) is 8.06. The third kappa shape index (κ3) is 3.96. The Morgan fingerprint density at radius 3 is 2.82 bits per heavy atom. The van der Waals surface area contributed by atoms with E-state index in [-0.39, 0.29) is 11.9 Å². The van der Waals surface area contributed by atoms with Crippen molar-refractivity contribution in [1.29, 1.82) is 0 Å². The minimum Gasteiger partial charge on any atom is -0.360 e. The van der Waals surface area contributed by atoms with Gasteiger partial charge in [0.25, 0.3) is 5.91 Å². The molecule has 0 bridgehead atoms. The number of rotatable bonds is 3. The topological polar surface area (TPSA) is 61.4 Å². The molecule has 0 spiro atoms. The summed E-state index contributed by atoms with van der Waals surface area (Å²) < 4.78 is 0. The molecule has 1 fully saturated rings. The van der Waals surface area contributed by atoms with Crippen LogP contribution in [-0.2, 0) is 9.59 Å². The van der Waals surface area contributed by atoms with Crippen LogP contribution < -0.4 is 10.6 Å². The van der Waals surface area contributed by atoms with Gasteiger partial charge in [-0.3, -0.25) is 14.5 Å². The lowest BCUT2D eigenvalue weighted by Gasteiger charge is -2.26. The number of hydrogen-bond acceptors (Lipinski definition) is 3. The number of nitrogens with zero attached hydrogens (tertiary/aromatic N) is 1. The Morgan fingerprint density at radius 1 is 1.53 bits per heavy atom. The van der Waals surface area contributed by atoms with Crippen LogP contribution in [0.2, 0.25) is 0 Å². The van der Waals surface area contributed by atoms with Crippen LogP contribution in [0.1, 0.15) is 33.1 Å². The molecule has 0 aromatic rings. The quantitative estimate of drug-likeness (QED) is 0.567. The predicted molar refractivity (Wildman–Crippen MR) is 69.4 cm³/mol. The Labute approximate surface area is 107 Å². The fraction of sp³-hybridized carbons (Fsp3) is 0.727. The van der Waals surface area contributed by atoms with Crippen molar-refractivity contribution in [2.75, 3.05) is 6.54 Å². The third-order valence-corrected chi connectivity index (χ3v) is 2.95. The smallest absolute Gasteiger partial charge is 0.251 e. The van der Waals surface area contributed by atoms with E-state index in [4.69, 9.17) is 12.2 Å². The number of likely N-dealkylation sites (tertiary alicyclic amines) is 1. The van der Waals surface area contributed by atoms with Gasteiger partial charge in [0.2, 0.25) is 6.41 Å². The monoisotopic (exact) mass is 257 g/mol. The van der Waals surface area contributed by atoms with Crippen LogP contribution in [0.15, 0.2) is 0 Å². The van der Waals surface area contributed by atoms with Gasteiger partial charge in [0.1, 0.15) is 6.04 Å². The Morgan fingerprint density at radius 2 is 2.24 bits per heavy atom. The average Bonchev–Trinajstić information content (AvgIpc) is 2.41. The number of amides is 2. The molecule has 0 aromatic carbocycles. The number of thiocarbonyl (C=S) groups is 1. The van der Waals surface area contributed by atoms with Crippen LogP contribution in [0, 0.1) is 0 Å². The standard InChI is InChI=1S/C11H19N3O2S/c1-8(2)13-11(17)14-6-4-3-5-9(10(14)16)12-7-15/h7-9H,3-6H2,1-2H3,(H,12,15)(H,13,17)/t9-/m0/s1. The van der Waals surface area contributed by atoms with E-state index >= 15 is 0 Å². The summed E-state index contributed by atoms with van der Waals surface area (Å²) in [4.78, 5) is 24.1. The van der Waals surface area contributed by atoms with Gasteiger partial charge in [0, 0.05) is 12.6 Å². The molecule has 1 saturated heterocycles. The fourth-order valence-electron chi connectivity index (χ4n) is 1.80. The Hall–Kier alpha value is -1.17. The van der Waals surface area contributed by atoms with Crippen molar-refractivity contribution in [2.45, 2.75) is 45.2 Å². The summed E-state index contributed by atoms with van der Waals surface area (Å²) in [6.07, 6.45) is 3.07. The van der Waals surface area contributed by atoms with E-state index in [2.05, 4.69) is 10.6 Å². The van der Waals surface area contributed by atoms with Crippen LogP contribution in [0.3, 0.4) is 0 Å². The molecule has 96 valence electrons. The molecule has 17 heavy (non-hydrogen) atoms. The SMILES string of the molecule is CC(C)NC(=S)N1CCCC[C@H](NC=O)C1=O. The molecule has 0 aliphatic carbocycles. The van der Waals surface area contributed by atoms with Crippen molar-refractivity contribution in [3.8, 4) is 0 Å². The van der Waals surface area contributed by atoms with Crippen molar-refractivity contribution in [1.82, 2.24) is 15.5 Å². The van der Waals surface area contributed by atoms with Gasteiger partial charge in [-0.1, -0.05) is 0 Å². The highest BCUT2D eigenvalue weighted by Gasteiger charge is 2.28. The second-order valence-corrected chi connectivity index (χ2v) is 4.81. The summed E-state index contributed by atoms with van der Waals surface area (Å²) in [6.45, 7) is 4.56. The summed E-state index contributed by atoms with van der Waals surface area (Å²) >= 11 is 5.20. The lowest BCUT2D eigenvalue weighted by Crippen LogP contribution is -2.51. The van der Waals surface area contributed by atoms with Crippen LogP contribution >= 0.6 is 12.2 Å². The molecule has 2 N–H and O–H groups in total. The second kappa shape index (κ2) is 6.54. The summed E-state index contributed by atoms with van der Waals surface area (Å²) in [7, 11) is 0. The summed E-state index contributed by atoms with van der Waals surface area (Å²) in [5.41, 5.74) is 0. The Bertz CT molecular complexity index is 307. The molecule has 2 amide bonds. The van der Waals surface area contributed by atoms with Gasteiger partial charge in [0.05, 0.1) is 0 Å². The first kappa shape index (κ1) is 13.9. The zero-order chi connectivity index (χ0) is 12.8. The van der Waals surface area contributed by atoms with Gasteiger partial charge < -0.3 is 10.6 Å². The van der Waals surface area contributed by atoms with E-state index < -0.39 is 6.04 Å². The molecule has 0 radical (unpaired) electrons. The van der Waals surface area contributed by atoms with Crippen LogP contribution in [-0.4, -0.2) is 41.0 Å². The summed E-state index contributed by atoms with van der Waals surface area (Å²) in [5.74, 6) is -0.118. The van der Waals surface area contributed by atoms with E-state index in [1.165, 1.54) is 0 Å². The van der Waals surface area contributed by atoms with E-state index in [1.807, 2.05) is 13.8 Å². The maximum atomic E-state index is 12.1. The largest absolute Gasteiger partial charge is 0.360 e. The second-order valence-electron chi connectivity index (χ2n) is 4.43. The van der Waals surface area contributed by atoms with Crippen molar-refractivity contribution in [3.63, 3.8) is 0 Å². The highest BCUT2D eigenvalue weighted by Crippen LogP contribution is 2.12. The summed E-state index contributed by atoms with van der Waals surface area (Å²) in [5, 5.41) is 6.06. The van der Waals surface area contributed by atoms with E-state index in [1.54, 1.807) is 4.90 Å². The molecule has 6 heteroatoms. The zero-order valence-electron chi connectivity index (χ0n) is 10.2. The maximum Gasteiger partial charge on any atom is 0.251 e. The predicted octanol–water partition coefficient (Wildman–Crippen LogP) is 0.396. The molecule has 1 heterocycles. The number of carbonyl (C=O) groups is 2. The molecule has 0 unspecified atom stereocenters. The van der Waals surface area contributed by atoms with Crippen LogP contribution in [0.5, 0.6) is 0 Å². The minimum atomic E-state index is -0.443. The van der Waals surface area contributed by atoms with E-state index in [0.29, 0.717) is 24.5 Å². The number of nitrogens with one attached hydrogen (secondary N) is 2. The van der Waals surface area contributed by atoms with Crippen LogP contribution in [0.25, 0.3) is 0 Å². The number of carbonyl (C=O) groups excluding carboxylic acids is 2. The van der Waals surface area contributed by atoms with Gasteiger partial charge in [-0.25, -0.2) is 0 Å². The van der Waals surface area contributed by atoms with Crippen LogP contribution in [0.4, 0.5) is 0 Å². The van der Waals surface area contributed by atoms with Crippen molar-refractivity contribution >= 4 is 29.6 Å². The van der Waals surface area contributed by atoms with Crippen molar-refractivity contribution in [2.24, 2.45) is 0 Å². The van der Waals surface area contributed by atoms with Gasteiger partial charge in [-0.05, 0) is 45.3 Å². The van der Waals surface area contributed by atoms with E-state index in [9.17, 15) is 9.59 Å². The normalized spacial score (nSPS) is 21.0. The van der Waals surface area contributed by atoms with Crippen molar-refractivity contribution < 1.29 is 9.59 Å².